The average molecular weight is 228 g/mol. The molecule has 1 fully saturated rings. The Kier molecular flexibility index (Phi) is 5.04. The molecule has 0 aromatic carbocycles. The number of carbonyl (C=O) groups is 1. The third kappa shape index (κ3) is 3.69. The Labute approximate surface area is 95.5 Å². The number of hydrogen-bond acceptors (Lipinski definition) is 4. The number of carbonyl (C=O) groups excluding carboxylic acids is 1. The SMILES string of the molecule is CC(NCCC(N)=NO)C(=O)N1CCCC1. The van der Waals surface area contributed by atoms with Gasteiger partial charge in [-0.1, -0.05) is 5.16 Å². The second-order valence-corrected chi connectivity index (χ2v) is 4.05. The molecule has 1 aliphatic rings. The molecule has 0 aromatic heterocycles. The van der Waals surface area contributed by atoms with Gasteiger partial charge in [0.05, 0.1) is 6.04 Å². The summed E-state index contributed by atoms with van der Waals surface area (Å²) in [6.07, 6.45) is 2.64. The average Bonchev–Trinajstić information content (AvgIpc) is 2.81. The molecule has 1 aliphatic heterocycles. The largest absolute Gasteiger partial charge is 0.409 e. The van der Waals surface area contributed by atoms with Crippen LogP contribution in [0.5, 0.6) is 0 Å². The summed E-state index contributed by atoms with van der Waals surface area (Å²) in [6.45, 7) is 4.11. The number of likely N-dealkylation sites (tertiary alicyclic amines) is 1. The molecule has 4 N–H and O–H groups in total. The monoisotopic (exact) mass is 228 g/mol. The Morgan fingerprint density at radius 3 is 2.75 bits per heavy atom. The minimum absolute atomic E-state index is 0.136. The van der Waals surface area contributed by atoms with Crippen molar-refractivity contribution in [2.45, 2.75) is 32.2 Å². The molecule has 16 heavy (non-hydrogen) atoms. The van der Waals surface area contributed by atoms with Gasteiger partial charge in [0.25, 0.3) is 0 Å². The van der Waals surface area contributed by atoms with E-state index in [1.54, 1.807) is 0 Å². The predicted octanol–water partition coefficient (Wildman–Crippen LogP) is -0.277. The molecule has 6 nitrogen and oxygen atoms in total. The molecule has 1 amide bonds. The molecule has 1 heterocycles. The fourth-order valence-corrected chi connectivity index (χ4v) is 1.77. The molecule has 6 heteroatoms. The Morgan fingerprint density at radius 1 is 1.56 bits per heavy atom. The van der Waals surface area contributed by atoms with Crippen molar-refractivity contribution in [1.29, 1.82) is 0 Å². The molecule has 92 valence electrons. The zero-order valence-electron chi connectivity index (χ0n) is 9.65. The first kappa shape index (κ1) is 12.8. The van der Waals surface area contributed by atoms with E-state index >= 15 is 0 Å². The van der Waals surface area contributed by atoms with Crippen LogP contribution in [0.4, 0.5) is 0 Å². The lowest BCUT2D eigenvalue weighted by Crippen LogP contribution is -2.44. The third-order valence-electron chi connectivity index (χ3n) is 2.75. The number of hydrogen-bond donors (Lipinski definition) is 3. The van der Waals surface area contributed by atoms with Crippen LogP contribution in [0.3, 0.4) is 0 Å². The second kappa shape index (κ2) is 6.32. The highest BCUT2D eigenvalue weighted by Gasteiger charge is 2.22. The summed E-state index contributed by atoms with van der Waals surface area (Å²) in [5, 5.41) is 14.3. The summed E-state index contributed by atoms with van der Waals surface area (Å²) >= 11 is 0. The quantitative estimate of drug-likeness (QED) is 0.261. The summed E-state index contributed by atoms with van der Waals surface area (Å²) in [5.41, 5.74) is 5.32. The molecule has 0 bridgehead atoms. The highest BCUT2D eigenvalue weighted by molar-refractivity contribution is 5.82. The Balaban J connectivity index is 2.23. The minimum atomic E-state index is -0.204. The molecule has 0 saturated carbocycles. The van der Waals surface area contributed by atoms with Crippen molar-refractivity contribution in [2.24, 2.45) is 10.9 Å². The maximum absolute atomic E-state index is 11.8. The molecule has 1 atom stereocenters. The van der Waals surface area contributed by atoms with Crippen LogP contribution in [0.2, 0.25) is 0 Å². The van der Waals surface area contributed by atoms with Crippen LogP contribution in [0.15, 0.2) is 5.16 Å². The summed E-state index contributed by atoms with van der Waals surface area (Å²) in [4.78, 5) is 13.7. The van der Waals surface area contributed by atoms with Gasteiger partial charge in [-0.25, -0.2) is 0 Å². The minimum Gasteiger partial charge on any atom is -0.409 e. The van der Waals surface area contributed by atoms with E-state index in [4.69, 9.17) is 10.9 Å². The number of amidine groups is 1. The molecular formula is C10H20N4O2. The summed E-state index contributed by atoms with van der Waals surface area (Å²) in [7, 11) is 0. The zero-order valence-corrected chi connectivity index (χ0v) is 9.65. The Bertz CT molecular complexity index is 262. The maximum Gasteiger partial charge on any atom is 0.239 e. The van der Waals surface area contributed by atoms with Crippen molar-refractivity contribution in [1.82, 2.24) is 10.2 Å². The molecular weight excluding hydrogens is 208 g/mol. The number of nitrogens with zero attached hydrogens (tertiary/aromatic N) is 2. The Morgan fingerprint density at radius 2 is 2.19 bits per heavy atom. The molecule has 1 saturated heterocycles. The lowest BCUT2D eigenvalue weighted by Gasteiger charge is -2.21. The Hall–Kier alpha value is -1.30. The zero-order chi connectivity index (χ0) is 12.0. The first-order valence-corrected chi connectivity index (χ1v) is 5.63. The molecule has 0 aliphatic carbocycles. The highest BCUT2D eigenvalue weighted by Crippen LogP contribution is 2.08. The molecule has 1 unspecified atom stereocenters. The molecule has 1 rings (SSSR count). The van der Waals surface area contributed by atoms with Gasteiger partial charge in [-0.2, -0.15) is 0 Å². The highest BCUT2D eigenvalue weighted by atomic mass is 16.4. The predicted molar refractivity (Wildman–Crippen MR) is 61.3 cm³/mol. The van der Waals surface area contributed by atoms with Gasteiger partial charge in [-0.3, -0.25) is 4.79 Å². The van der Waals surface area contributed by atoms with E-state index in [0.717, 1.165) is 25.9 Å². The first-order chi connectivity index (χ1) is 7.65. The van der Waals surface area contributed by atoms with Crippen molar-refractivity contribution in [2.75, 3.05) is 19.6 Å². The summed E-state index contributed by atoms with van der Waals surface area (Å²) in [5.74, 6) is 0.310. The number of rotatable bonds is 5. The van der Waals surface area contributed by atoms with Crippen LogP contribution in [0, 0.1) is 0 Å². The third-order valence-corrected chi connectivity index (χ3v) is 2.75. The summed E-state index contributed by atoms with van der Waals surface area (Å²) < 4.78 is 0. The van der Waals surface area contributed by atoms with Crippen molar-refractivity contribution >= 4 is 11.7 Å². The standard InChI is InChI=1S/C10H20N4O2/c1-8(12-5-4-9(11)13-16)10(15)14-6-2-3-7-14/h8,12,16H,2-7H2,1H3,(H2,11,13). The summed E-state index contributed by atoms with van der Waals surface area (Å²) in [6, 6.07) is -0.204. The van der Waals surface area contributed by atoms with E-state index in [2.05, 4.69) is 10.5 Å². The normalized spacial score (nSPS) is 18.8. The fourth-order valence-electron chi connectivity index (χ4n) is 1.77. The van der Waals surface area contributed by atoms with Crippen molar-refractivity contribution in [3.8, 4) is 0 Å². The van der Waals surface area contributed by atoms with Crippen LogP contribution in [-0.2, 0) is 4.79 Å². The molecule has 0 aromatic rings. The van der Waals surface area contributed by atoms with Gasteiger partial charge in [-0.05, 0) is 19.8 Å². The lowest BCUT2D eigenvalue weighted by atomic mass is 10.2. The van der Waals surface area contributed by atoms with Crippen LogP contribution in [0.1, 0.15) is 26.2 Å². The van der Waals surface area contributed by atoms with Crippen LogP contribution in [0.25, 0.3) is 0 Å². The van der Waals surface area contributed by atoms with Gasteiger partial charge < -0.3 is 21.2 Å². The number of amides is 1. The van der Waals surface area contributed by atoms with Crippen molar-refractivity contribution in [3.63, 3.8) is 0 Å². The van der Waals surface area contributed by atoms with E-state index in [9.17, 15) is 4.79 Å². The smallest absolute Gasteiger partial charge is 0.239 e. The number of nitrogens with one attached hydrogen (secondary N) is 1. The number of nitrogens with two attached hydrogens (primary N) is 1. The van der Waals surface area contributed by atoms with Gasteiger partial charge in [0.1, 0.15) is 5.84 Å². The van der Waals surface area contributed by atoms with Gasteiger partial charge >= 0.3 is 0 Å². The van der Waals surface area contributed by atoms with E-state index < -0.39 is 0 Å². The van der Waals surface area contributed by atoms with Gasteiger partial charge in [0.15, 0.2) is 0 Å². The van der Waals surface area contributed by atoms with E-state index in [0.29, 0.717) is 13.0 Å². The van der Waals surface area contributed by atoms with Gasteiger partial charge in [0.2, 0.25) is 5.91 Å². The van der Waals surface area contributed by atoms with Crippen molar-refractivity contribution in [3.05, 3.63) is 0 Å². The van der Waals surface area contributed by atoms with E-state index in [-0.39, 0.29) is 17.8 Å². The second-order valence-electron chi connectivity index (χ2n) is 4.05. The van der Waals surface area contributed by atoms with Gasteiger partial charge in [0, 0.05) is 26.1 Å². The maximum atomic E-state index is 11.8. The van der Waals surface area contributed by atoms with Gasteiger partial charge in [-0.15, -0.1) is 0 Å². The first-order valence-electron chi connectivity index (χ1n) is 5.63. The number of oxime groups is 1. The van der Waals surface area contributed by atoms with Crippen LogP contribution in [-0.4, -0.2) is 47.5 Å². The molecule has 0 radical (unpaired) electrons. The topological polar surface area (TPSA) is 91.0 Å². The molecule has 0 spiro atoms. The fraction of sp³-hybridized carbons (Fsp3) is 0.800. The van der Waals surface area contributed by atoms with Crippen LogP contribution < -0.4 is 11.1 Å². The van der Waals surface area contributed by atoms with Crippen LogP contribution >= 0.6 is 0 Å². The van der Waals surface area contributed by atoms with E-state index in [1.165, 1.54) is 0 Å². The van der Waals surface area contributed by atoms with Crippen molar-refractivity contribution < 1.29 is 10.0 Å². The lowest BCUT2D eigenvalue weighted by molar-refractivity contribution is -0.131. The van der Waals surface area contributed by atoms with E-state index in [1.807, 2.05) is 11.8 Å².